The molecule has 0 spiro atoms. The van der Waals surface area contributed by atoms with Gasteiger partial charge in [0.15, 0.2) is 11.6 Å². The van der Waals surface area contributed by atoms with Crippen LogP contribution < -0.4 is 5.32 Å². The van der Waals surface area contributed by atoms with Crippen molar-refractivity contribution in [3.05, 3.63) is 41.2 Å². The van der Waals surface area contributed by atoms with E-state index in [1.807, 2.05) is 6.92 Å². The molecule has 1 saturated heterocycles. The molecule has 0 aliphatic carbocycles. The van der Waals surface area contributed by atoms with Gasteiger partial charge in [0.05, 0.1) is 24.0 Å². The fourth-order valence-electron chi connectivity index (χ4n) is 4.34. The van der Waals surface area contributed by atoms with E-state index in [1.165, 1.54) is 0 Å². The second-order valence-electron chi connectivity index (χ2n) is 9.60. The Bertz CT molecular complexity index is 1220. The average molecular weight is 474 g/mol. The number of anilines is 1. The van der Waals surface area contributed by atoms with Gasteiger partial charge >= 0.3 is 0 Å². The largest absolute Gasteiger partial charge is 0.388 e. The number of aliphatic hydroxyl groups is 2. The van der Waals surface area contributed by atoms with E-state index in [0.29, 0.717) is 29.7 Å². The van der Waals surface area contributed by atoms with Crippen molar-refractivity contribution in [3.63, 3.8) is 0 Å². The number of nitrogens with zero attached hydrogens (tertiary/aromatic N) is 4. The molecule has 2 aromatic heterocycles. The van der Waals surface area contributed by atoms with Gasteiger partial charge < -0.3 is 20.3 Å². The summed E-state index contributed by atoms with van der Waals surface area (Å²) in [5.74, 6) is -1.10. The highest BCUT2D eigenvalue weighted by Gasteiger charge is 2.31. The Hall–Kier alpha value is -2.82. The molecule has 1 aliphatic heterocycles. The van der Waals surface area contributed by atoms with Crippen LogP contribution in [0, 0.1) is 24.5 Å². The van der Waals surface area contributed by atoms with Gasteiger partial charge in [-0.1, -0.05) is 6.92 Å². The molecular weight excluding hydrogens is 444 g/mol. The van der Waals surface area contributed by atoms with Crippen molar-refractivity contribution in [2.45, 2.75) is 64.9 Å². The van der Waals surface area contributed by atoms with Crippen LogP contribution in [0.15, 0.2) is 18.3 Å². The summed E-state index contributed by atoms with van der Waals surface area (Å²) in [4.78, 5) is 8.32. The Balaban J connectivity index is 1.75. The van der Waals surface area contributed by atoms with Crippen molar-refractivity contribution in [2.75, 3.05) is 11.9 Å². The number of rotatable bonds is 4. The van der Waals surface area contributed by atoms with Crippen LogP contribution in [0.1, 0.15) is 45.4 Å². The van der Waals surface area contributed by atoms with E-state index in [0.717, 1.165) is 12.3 Å². The molecule has 34 heavy (non-hydrogen) atoms. The molecule has 4 rings (SSSR count). The number of ether oxygens (including phenoxy) is 1. The highest BCUT2D eigenvalue weighted by atomic mass is 19.1. The van der Waals surface area contributed by atoms with E-state index in [9.17, 15) is 19.0 Å². The maximum Gasteiger partial charge on any atom is 0.223 e. The van der Waals surface area contributed by atoms with Gasteiger partial charge in [0.1, 0.15) is 22.9 Å². The molecule has 0 amide bonds. The van der Waals surface area contributed by atoms with Crippen molar-refractivity contribution in [1.29, 1.82) is 0 Å². The molecule has 3 aromatic rings. The summed E-state index contributed by atoms with van der Waals surface area (Å²) in [6, 6.07) is 2.32. The van der Waals surface area contributed by atoms with Crippen LogP contribution in [0.2, 0.25) is 0 Å². The van der Waals surface area contributed by atoms with Crippen molar-refractivity contribution < 1.29 is 23.7 Å². The molecule has 0 saturated carbocycles. The lowest BCUT2D eigenvalue weighted by atomic mass is 9.96. The third kappa shape index (κ3) is 4.70. The number of fused-ring (bicyclic) bond motifs is 1. The van der Waals surface area contributed by atoms with E-state index in [1.54, 1.807) is 33.8 Å². The SMILES string of the molecule is Cc1c(C(C)(C)O)nnc2c(F)cc(-c3nc(N[C@@H]4C[C@H](C)CO[C@H](C)[C@H]4O)ncc3F)cc12. The summed E-state index contributed by atoms with van der Waals surface area (Å²) in [5, 5.41) is 32.4. The molecule has 182 valence electrons. The predicted molar refractivity (Wildman–Crippen MR) is 123 cm³/mol. The first kappa shape index (κ1) is 24.3. The first-order chi connectivity index (χ1) is 16.0. The zero-order valence-electron chi connectivity index (χ0n) is 19.8. The summed E-state index contributed by atoms with van der Waals surface area (Å²) in [5.41, 5.74) is -0.332. The molecule has 0 radical (unpaired) electrons. The van der Waals surface area contributed by atoms with Gasteiger partial charge in [-0.25, -0.2) is 18.7 Å². The molecule has 4 atom stereocenters. The maximum absolute atomic E-state index is 14.9. The molecular formula is C24H29F2N5O3. The summed E-state index contributed by atoms with van der Waals surface area (Å²) in [6.07, 6.45) is 0.441. The minimum atomic E-state index is -1.29. The molecule has 0 unspecified atom stereocenters. The first-order valence-electron chi connectivity index (χ1n) is 11.2. The number of aliphatic hydroxyl groups excluding tert-OH is 1. The molecule has 1 fully saturated rings. The summed E-state index contributed by atoms with van der Waals surface area (Å²) in [7, 11) is 0. The van der Waals surface area contributed by atoms with Gasteiger partial charge in [0.25, 0.3) is 0 Å². The molecule has 0 bridgehead atoms. The number of hydrogen-bond acceptors (Lipinski definition) is 8. The number of aryl methyl sites for hydroxylation is 1. The number of hydrogen-bond donors (Lipinski definition) is 3. The van der Waals surface area contributed by atoms with Crippen LogP contribution in [-0.4, -0.2) is 55.2 Å². The number of benzene rings is 1. The average Bonchev–Trinajstić information content (AvgIpc) is 2.88. The van der Waals surface area contributed by atoms with Crippen LogP contribution in [0.3, 0.4) is 0 Å². The van der Waals surface area contributed by atoms with Gasteiger partial charge in [-0.2, -0.15) is 5.10 Å². The van der Waals surface area contributed by atoms with Gasteiger partial charge in [-0.05, 0) is 57.7 Å². The van der Waals surface area contributed by atoms with Crippen molar-refractivity contribution in [1.82, 2.24) is 20.2 Å². The Morgan fingerprint density at radius 3 is 2.59 bits per heavy atom. The van der Waals surface area contributed by atoms with Crippen LogP contribution in [0.5, 0.6) is 0 Å². The van der Waals surface area contributed by atoms with Gasteiger partial charge in [0, 0.05) is 17.6 Å². The minimum absolute atomic E-state index is 0.0200. The molecule has 3 heterocycles. The monoisotopic (exact) mass is 473 g/mol. The third-order valence-electron chi connectivity index (χ3n) is 6.18. The first-order valence-corrected chi connectivity index (χ1v) is 11.2. The van der Waals surface area contributed by atoms with Crippen LogP contribution >= 0.6 is 0 Å². The Morgan fingerprint density at radius 2 is 1.88 bits per heavy atom. The van der Waals surface area contributed by atoms with E-state index < -0.39 is 29.4 Å². The minimum Gasteiger partial charge on any atom is -0.388 e. The van der Waals surface area contributed by atoms with Gasteiger partial charge in [-0.15, -0.1) is 5.10 Å². The normalized spacial score (nSPS) is 23.7. The fourth-order valence-corrected chi connectivity index (χ4v) is 4.34. The zero-order chi connectivity index (χ0) is 24.8. The van der Waals surface area contributed by atoms with E-state index in [-0.39, 0.29) is 34.7 Å². The predicted octanol–water partition coefficient (Wildman–Crippen LogP) is 3.49. The maximum atomic E-state index is 14.9. The van der Waals surface area contributed by atoms with Crippen molar-refractivity contribution in [2.24, 2.45) is 5.92 Å². The Morgan fingerprint density at radius 1 is 1.15 bits per heavy atom. The highest BCUT2D eigenvalue weighted by Crippen LogP contribution is 2.32. The summed E-state index contributed by atoms with van der Waals surface area (Å²) < 4.78 is 35.4. The number of halogens is 2. The second kappa shape index (κ2) is 9.09. The molecule has 1 aromatic carbocycles. The fraction of sp³-hybridized carbons (Fsp3) is 0.500. The highest BCUT2D eigenvalue weighted by molar-refractivity contribution is 5.87. The zero-order valence-corrected chi connectivity index (χ0v) is 19.8. The lowest BCUT2D eigenvalue weighted by Crippen LogP contribution is -2.40. The quantitative estimate of drug-likeness (QED) is 0.528. The molecule has 1 aliphatic rings. The van der Waals surface area contributed by atoms with Crippen LogP contribution in [0.25, 0.3) is 22.2 Å². The lowest BCUT2D eigenvalue weighted by molar-refractivity contribution is -0.0221. The number of aromatic nitrogens is 4. The van der Waals surface area contributed by atoms with Crippen molar-refractivity contribution >= 4 is 16.9 Å². The van der Waals surface area contributed by atoms with E-state index in [2.05, 4.69) is 25.5 Å². The standard InChI is InChI=1S/C24H29F2N5O3/c1-11-6-18(21(32)13(3)34-10-11)28-23-27-9-17(26)19(29-23)14-7-15-12(2)22(24(4,5)33)31-30-20(15)16(25)8-14/h7-9,11,13,18,21,32-33H,6,10H2,1-5H3,(H,27,28,29)/t11-,13+,18+,21+/m0/s1. The van der Waals surface area contributed by atoms with Gasteiger partial charge in [0.2, 0.25) is 5.95 Å². The molecule has 8 nitrogen and oxygen atoms in total. The number of nitrogens with one attached hydrogen (secondary N) is 1. The van der Waals surface area contributed by atoms with E-state index >= 15 is 0 Å². The lowest BCUT2D eigenvalue weighted by Gasteiger charge is -2.25. The second-order valence-corrected chi connectivity index (χ2v) is 9.60. The van der Waals surface area contributed by atoms with Crippen LogP contribution in [-0.2, 0) is 10.3 Å². The summed E-state index contributed by atoms with van der Waals surface area (Å²) in [6.45, 7) is 9.16. The van der Waals surface area contributed by atoms with Gasteiger partial charge in [-0.3, -0.25) is 0 Å². The smallest absolute Gasteiger partial charge is 0.223 e. The topological polar surface area (TPSA) is 113 Å². The molecule has 3 N–H and O–H groups in total. The Kier molecular flexibility index (Phi) is 6.50. The third-order valence-corrected chi connectivity index (χ3v) is 6.18. The van der Waals surface area contributed by atoms with Crippen LogP contribution in [0.4, 0.5) is 14.7 Å². The molecule has 10 heteroatoms. The summed E-state index contributed by atoms with van der Waals surface area (Å²) >= 11 is 0. The van der Waals surface area contributed by atoms with E-state index in [4.69, 9.17) is 4.74 Å². The Labute approximate surface area is 196 Å². The van der Waals surface area contributed by atoms with Crippen molar-refractivity contribution in [3.8, 4) is 11.3 Å².